The molecule has 0 spiro atoms. The first-order chi connectivity index (χ1) is 14.5. The molecule has 10 heteroatoms. The fraction of sp³-hybridized carbons (Fsp3) is 0.350. The number of carbonyl (C=O) groups excluding carboxylic acids is 2. The number of hydrogen-bond acceptors (Lipinski definition) is 5. The Morgan fingerprint density at radius 3 is 2.80 bits per heavy atom. The normalized spacial score (nSPS) is 24.9. The summed E-state index contributed by atoms with van der Waals surface area (Å²) in [5.41, 5.74) is 2.09. The number of anilines is 2. The van der Waals surface area contributed by atoms with Crippen LogP contribution in [0.1, 0.15) is 24.4 Å². The van der Waals surface area contributed by atoms with Crippen molar-refractivity contribution in [3.05, 3.63) is 46.1 Å². The number of nitrogens with one attached hydrogen (secondary N) is 3. The number of carbonyl (C=O) groups is 2. The van der Waals surface area contributed by atoms with Crippen molar-refractivity contribution in [1.82, 2.24) is 20.9 Å². The van der Waals surface area contributed by atoms with Crippen LogP contribution in [0, 0.1) is 0 Å². The molecule has 1 aromatic heterocycles. The monoisotopic (exact) mass is 463 g/mol. The van der Waals surface area contributed by atoms with Gasteiger partial charge in [-0.05, 0) is 43.7 Å². The molecule has 30 heavy (non-hydrogen) atoms. The molecule has 3 atom stereocenters. The van der Waals surface area contributed by atoms with Crippen molar-refractivity contribution in [3.8, 4) is 0 Å². The number of aromatic nitrogens is 1. The summed E-state index contributed by atoms with van der Waals surface area (Å²) in [6.07, 6.45) is 3.64. The average molecular weight is 464 g/mol. The highest BCUT2D eigenvalue weighted by molar-refractivity contribution is 8.01. The number of benzene rings is 1. The highest BCUT2D eigenvalue weighted by Crippen LogP contribution is 2.50. The van der Waals surface area contributed by atoms with Gasteiger partial charge in [-0.25, -0.2) is 9.78 Å². The van der Waals surface area contributed by atoms with Gasteiger partial charge in [0.15, 0.2) is 0 Å². The molecule has 1 fully saturated rings. The van der Waals surface area contributed by atoms with Crippen molar-refractivity contribution < 1.29 is 9.59 Å². The van der Waals surface area contributed by atoms with Crippen LogP contribution in [0.15, 0.2) is 35.5 Å². The van der Waals surface area contributed by atoms with E-state index >= 15 is 0 Å². The third kappa shape index (κ3) is 3.51. The molecule has 0 saturated carbocycles. The van der Waals surface area contributed by atoms with E-state index in [0.717, 1.165) is 36.5 Å². The summed E-state index contributed by atoms with van der Waals surface area (Å²) in [6, 6.07) is 6.10. The van der Waals surface area contributed by atoms with Gasteiger partial charge in [-0.2, -0.15) is 0 Å². The number of thioether (sulfide) groups is 1. The lowest BCUT2D eigenvalue weighted by atomic mass is 9.99. The van der Waals surface area contributed by atoms with Crippen molar-refractivity contribution in [2.45, 2.75) is 35.2 Å². The van der Waals surface area contributed by atoms with Crippen molar-refractivity contribution in [2.75, 3.05) is 18.0 Å². The fourth-order valence-corrected chi connectivity index (χ4v) is 5.96. The Labute approximate surface area is 187 Å². The van der Waals surface area contributed by atoms with Gasteiger partial charge in [0, 0.05) is 34.4 Å². The maximum absolute atomic E-state index is 13.1. The summed E-state index contributed by atoms with van der Waals surface area (Å²) in [4.78, 5) is 32.1. The molecule has 4 heterocycles. The molecular formula is C20H19Cl2N5O2S. The number of hydrogen-bond donors (Lipinski definition) is 3. The third-order valence-electron chi connectivity index (χ3n) is 5.51. The van der Waals surface area contributed by atoms with Crippen molar-refractivity contribution in [2.24, 2.45) is 0 Å². The van der Waals surface area contributed by atoms with E-state index < -0.39 is 11.3 Å². The lowest BCUT2D eigenvalue weighted by Crippen LogP contribution is -2.52. The summed E-state index contributed by atoms with van der Waals surface area (Å²) in [5, 5.41) is 10.6. The van der Waals surface area contributed by atoms with Crippen LogP contribution >= 0.6 is 35.0 Å². The van der Waals surface area contributed by atoms with Crippen molar-refractivity contribution in [3.63, 3.8) is 0 Å². The van der Waals surface area contributed by atoms with E-state index in [0.29, 0.717) is 21.4 Å². The molecule has 7 nitrogen and oxygen atoms in total. The van der Waals surface area contributed by atoms with Crippen LogP contribution in [0.5, 0.6) is 0 Å². The summed E-state index contributed by atoms with van der Waals surface area (Å²) < 4.78 is 0. The quantitative estimate of drug-likeness (QED) is 0.646. The fourth-order valence-electron chi connectivity index (χ4n) is 4.21. The average Bonchev–Trinajstić information content (AvgIpc) is 3.08. The molecule has 1 aromatic carbocycles. The molecule has 3 N–H and O–H groups in total. The van der Waals surface area contributed by atoms with Crippen LogP contribution in [0.4, 0.5) is 16.2 Å². The Balaban J connectivity index is 1.47. The van der Waals surface area contributed by atoms with Gasteiger partial charge in [-0.15, -0.1) is 0 Å². The zero-order valence-corrected chi connectivity index (χ0v) is 18.2. The Bertz CT molecular complexity index is 1010. The van der Waals surface area contributed by atoms with Crippen molar-refractivity contribution >= 4 is 58.3 Å². The first-order valence-corrected chi connectivity index (χ1v) is 11.4. The molecule has 156 valence electrons. The van der Waals surface area contributed by atoms with Gasteiger partial charge in [-0.3, -0.25) is 9.69 Å². The van der Waals surface area contributed by atoms with Gasteiger partial charge in [0.2, 0.25) is 5.91 Å². The minimum absolute atomic E-state index is 0.0813. The van der Waals surface area contributed by atoms with Crippen molar-refractivity contribution in [1.29, 1.82) is 0 Å². The van der Waals surface area contributed by atoms with E-state index in [-0.39, 0.29) is 18.0 Å². The topological polar surface area (TPSA) is 86.4 Å². The largest absolute Gasteiger partial charge is 0.351 e. The predicted molar refractivity (Wildman–Crippen MR) is 118 cm³/mol. The van der Waals surface area contributed by atoms with E-state index in [4.69, 9.17) is 23.2 Å². The highest BCUT2D eigenvalue weighted by atomic mass is 35.5. The van der Waals surface area contributed by atoms with Crippen LogP contribution < -0.4 is 20.9 Å². The number of nitrogens with zero attached hydrogens (tertiary/aromatic N) is 2. The summed E-state index contributed by atoms with van der Waals surface area (Å²) >= 11 is 13.7. The Morgan fingerprint density at radius 1 is 1.27 bits per heavy atom. The van der Waals surface area contributed by atoms with Crippen LogP contribution in [0.2, 0.25) is 10.0 Å². The highest BCUT2D eigenvalue weighted by Gasteiger charge is 2.46. The molecule has 3 aliphatic heterocycles. The second-order valence-electron chi connectivity index (χ2n) is 7.53. The molecule has 2 unspecified atom stereocenters. The summed E-state index contributed by atoms with van der Waals surface area (Å²) in [6.45, 7) is 1.74. The van der Waals surface area contributed by atoms with Crippen LogP contribution in [0.3, 0.4) is 0 Å². The molecule has 0 bridgehead atoms. The molecular weight excluding hydrogens is 445 g/mol. The molecule has 2 aromatic rings. The lowest BCUT2D eigenvalue weighted by molar-refractivity contribution is -0.121. The zero-order chi connectivity index (χ0) is 20.8. The van der Waals surface area contributed by atoms with Crippen LogP contribution in [-0.4, -0.2) is 41.3 Å². The first-order valence-electron chi connectivity index (χ1n) is 9.74. The maximum atomic E-state index is 13.1. The summed E-state index contributed by atoms with van der Waals surface area (Å²) in [5.74, 6) is -0.0813. The number of piperidine rings is 1. The van der Waals surface area contributed by atoms with Gasteiger partial charge in [0.25, 0.3) is 0 Å². The Hall–Kier alpha value is -2.00. The molecule has 0 radical (unpaired) electrons. The van der Waals surface area contributed by atoms with Gasteiger partial charge in [0.1, 0.15) is 10.3 Å². The predicted octanol–water partition coefficient (Wildman–Crippen LogP) is 3.63. The Kier molecular flexibility index (Phi) is 5.26. The minimum atomic E-state index is -0.468. The third-order valence-corrected chi connectivity index (χ3v) is 7.24. The van der Waals surface area contributed by atoms with E-state index in [1.807, 2.05) is 0 Å². The number of pyridine rings is 1. The number of urea groups is 1. The van der Waals surface area contributed by atoms with E-state index in [1.165, 1.54) is 16.7 Å². The van der Waals surface area contributed by atoms with Gasteiger partial charge in [-0.1, -0.05) is 35.0 Å². The second kappa shape index (κ2) is 7.92. The summed E-state index contributed by atoms with van der Waals surface area (Å²) in [7, 11) is 0. The SMILES string of the molecule is O=C(NC1CCCNC1)[C@@H]1Sc2nccc3c2C1NC(=O)N3c1cc(Cl)cc(Cl)c1. The van der Waals surface area contributed by atoms with E-state index in [9.17, 15) is 9.59 Å². The van der Waals surface area contributed by atoms with Crippen LogP contribution in [0.25, 0.3) is 0 Å². The molecule has 5 rings (SSSR count). The number of rotatable bonds is 3. The number of halogens is 2. The van der Waals surface area contributed by atoms with E-state index in [1.54, 1.807) is 30.5 Å². The molecule has 1 saturated heterocycles. The molecule has 3 aliphatic rings. The lowest BCUT2D eigenvalue weighted by Gasteiger charge is -2.34. The maximum Gasteiger partial charge on any atom is 0.327 e. The molecule has 0 aliphatic carbocycles. The number of amides is 3. The van der Waals surface area contributed by atoms with E-state index in [2.05, 4.69) is 20.9 Å². The smallest absolute Gasteiger partial charge is 0.327 e. The standard InChI is InChI=1S/C20H19Cl2N5O2S/c21-10-6-11(22)8-13(7-10)27-14-3-5-24-19-15(14)16(26-20(27)29)17(30-19)18(28)25-12-2-1-4-23-9-12/h3,5-8,12,16-17,23H,1-2,4,9H2,(H,25,28)(H,26,29)/t12?,16?,17-/m1/s1. The first kappa shape index (κ1) is 19.9. The Morgan fingerprint density at radius 2 is 2.07 bits per heavy atom. The molecule has 3 amide bonds. The minimum Gasteiger partial charge on any atom is -0.351 e. The zero-order valence-electron chi connectivity index (χ0n) is 15.8. The van der Waals surface area contributed by atoms with Gasteiger partial charge >= 0.3 is 6.03 Å². The van der Waals surface area contributed by atoms with Gasteiger partial charge < -0.3 is 16.0 Å². The van der Waals surface area contributed by atoms with Crippen LogP contribution in [-0.2, 0) is 4.79 Å². The van der Waals surface area contributed by atoms with Gasteiger partial charge in [0.05, 0.1) is 17.4 Å². The second-order valence-corrected chi connectivity index (χ2v) is 9.53.